The Bertz CT molecular complexity index is 807. The summed E-state index contributed by atoms with van der Waals surface area (Å²) in [6.45, 7) is 2.05. The van der Waals surface area contributed by atoms with Crippen LogP contribution in [-0.2, 0) is 4.79 Å². The number of fused-ring (bicyclic) bond motifs is 1. The first-order chi connectivity index (χ1) is 10.7. The van der Waals surface area contributed by atoms with Crippen LogP contribution in [0.15, 0.2) is 29.6 Å². The second kappa shape index (κ2) is 6.54. The third-order valence-electron chi connectivity index (χ3n) is 3.43. The molecule has 22 heavy (non-hydrogen) atoms. The van der Waals surface area contributed by atoms with Crippen molar-refractivity contribution in [3.8, 4) is 11.3 Å². The van der Waals surface area contributed by atoms with E-state index in [2.05, 4.69) is 27.4 Å². The van der Waals surface area contributed by atoms with Crippen LogP contribution in [0.4, 0.5) is 5.13 Å². The number of amides is 1. The number of aromatic amines is 1. The molecule has 0 aliphatic heterocycles. The van der Waals surface area contributed by atoms with Crippen LogP contribution >= 0.6 is 23.1 Å². The number of nitrogens with one attached hydrogen (secondary N) is 2. The lowest BCUT2D eigenvalue weighted by atomic mass is 10.1. The number of H-pyrrole nitrogens is 1. The number of anilines is 1. The number of hydrogen-bond acceptors (Lipinski definition) is 4. The number of thioether (sulfide) groups is 1. The van der Waals surface area contributed by atoms with Gasteiger partial charge in [-0.05, 0) is 19.2 Å². The maximum absolute atomic E-state index is 11.8. The molecule has 3 aromatic rings. The topological polar surface area (TPSA) is 57.8 Å². The lowest BCUT2D eigenvalue weighted by Gasteiger charge is -2.00. The minimum atomic E-state index is 0.0194. The summed E-state index contributed by atoms with van der Waals surface area (Å²) in [6.07, 6.45) is 2.51. The van der Waals surface area contributed by atoms with Crippen LogP contribution in [0.2, 0.25) is 0 Å². The first kappa shape index (κ1) is 15.1. The summed E-state index contributed by atoms with van der Waals surface area (Å²) in [5, 5.41) is 6.68. The number of aromatic nitrogens is 2. The van der Waals surface area contributed by atoms with Gasteiger partial charge in [-0.2, -0.15) is 11.8 Å². The summed E-state index contributed by atoms with van der Waals surface area (Å²) in [5.41, 5.74) is 4.21. The number of benzene rings is 1. The molecule has 0 spiro atoms. The average Bonchev–Trinajstić information content (AvgIpc) is 3.08. The van der Waals surface area contributed by atoms with Gasteiger partial charge < -0.3 is 10.3 Å². The van der Waals surface area contributed by atoms with Crippen molar-refractivity contribution in [2.45, 2.75) is 13.3 Å². The Morgan fingerprint density at radius 3 is 3.05 bits per heavy atom. The highest BCUT2D eigenvalue weighted by molar-refractivity contribution is 7.98. The van der Waals surface area contributed by atoms with Gasteiger partial charge in [0.25, 0.3) is 0 Å². The molecule has 0 aliphatic carbocycles. The molecular formula is C16H17N3OS2. The second-order valence-corrected chi connectivity index (χ2v) is 6.84. The van der Waals surface area contributed by atoms with Crippen LogP contribution in [0.25, 0.3) is 22.2 Å². The molecule has 0 radical (unpaired) electrons. The molecule has 0 fully saturated rings. The van der Waals surface area contributed by atoms with E-state index in [1.54, 1.807) is 11.8 Å². The summed E-state index contributed by atoms with van der Waals surface area (Å²) in [7, 11) is 0. The van der Waals surface area contributed by atoms with E-state index in [1.165, 1.54) is 11.3 Å². The highest BCUT2D eigenvalue weighted by atomic mass is 32.2. The van der Waals surface area contributed by atoms with E-state index in [-0.39, 0.29) is 5.91 Å². The smallest absolute Gasteiger partial charge is 0.226 e. The van der Waals surface area contributed by atoms with Crippen molar-refractivity contribution in [3.63, 3.8) is 0 Å². The zero-order chi connectivity index (χ0) is 15.5. The first-order valence-corrected chi connectivity index (χ1v) is 9.28. The van der Waals surface area contributed by atoms with Gasteiger partial charge in [0.05, 0.1) is 5.69 Å². The Morgan fingerprint density at radius 1 is 1.41 bits per heavy atom. The van der Waals surface area contributed by atoms with E-state index < -0.39 is 0 Å². The Kier molecular flexibility index (Phi) is 4.49. The van der Waals surface area contributed by atoms with E-state index >= 15 is 0 Å². The van der Waals surface area contributed by atoms with E-state index in [0.29, 0.717) is 11.6 Å². The maximum atomic E-state index is 11.8. The van der Waals surface area contributed by atoms with Gasteiger partial charge in [0.1, 0.15) is 0 Å². The van der Waals surface area contributed by atoms with Crippen LogP contribution in [0.1, 0.15) is 12.1 Å². The number of nitrogens with zero attached hydrogens (tertiary/aromatic N) is 1. The molecule has 1 aromatic carbocycles. The molecule has 0 saturated heterocycles. The Morgan fingerprint density at radius 2 is 2.23 bits per heavy atom. The number of para-hydroxylation sites is 1. The lowest BCUT2D eigenvalue weighted by molar-refractivity contribution is -0.115. The molecular weight excluding hydrogens is 314 g/mol. The maximum Gasteiger partial charge on any atom is 0.226 e. The number of aryl methyl sites for hydroxylation is 1. The fourth-order valence-corrected chi connectivity index (χ4v) is 3.54. The minimum Gasteiger partial charge on any atom is -0.358 e. The zero-order valence-corrected chi connectivity index (χ0v) is 14.1. The number of rotatable bonds is 5. The van der Waals surface area contributed by atoms with Crippen LogP contribution in [0.3, 0.4) is 0 Å². The predicted octanol–water partition coefficient (Wildman–Crippen LogP) is 4.29. The average molecular weight is 331 g/mol. The largest absolute Gasteiger partial charge is 0.358 e. The zero-order valence-electron chi connectivity index (χ0n) is 12.5. The van der Waals surface area contributed by atoms with Crippen molar-refractivity contribution in [1.29, 1.82) is 0 Å². The normalized spacial score (nSPS) is 11.0. The number of hydrogen-bond donors (Lipinski definition) is 2. The quantitative estimate of drug-likeness (QED) is 0.733. The van der Waals surface area contributed by atoms with Crippen LogP contribution in [0, 0.1) is 6.92 Å². The van der Waals surface area contributed by atoms with Crippen LogP contribution < -0.4 is 5.32 Å². The van der Waals surface area contributed by atoms with Gasteiger partial charge >= 0.3 is 0 Å². The molecule has 3 rings (SSSR count). The van der Waals surface area contributed by atoms with Gasteiger partial charge in [-0.3, -0.25) is 4.79 Å². The number of carbonyl (C=O) groups excluding carboxylic acids is 1. The van der Waals surface area contributed by atoms with E-state index in [0.717, 1.165) is 33.6 Å². The Labute approximate surface area is 137 Å². The van der Waals surface area contributed by atoms with Crippen LogP contribution in [-0.4, -0.2) is 27.9 Å². The molecule has 2 aromatic heterocycles. The highest BCUT2D eigenvalue weighted by Gasteiger charge is 2.14. The summed E-state index contributed by atoms with van der Waals surface area (Å²) >= 11 is 3.13. The molecule has 0 aliphatic rings. The minimum absolute atomic E-state index is 0.0194. The molecule has 2 N–H and O–H groups in total. The second-order valence-electron chi connectivity index (χ2n) is 5.00. The van der Waals surface area contributed by atoms with Crippen molar-refractivity contribution >= 4 is 45.0 Å². The summed E-state index contributed by atoms with van der Waals surface area (Å²) in [5.74, 6) is 0.844. The van der Waals surface area contributed by atoms with Gasteiger partial charge in [0, 0.05) is 39.7 Å². The lowest BCUT2D eigenvalue weighted by Crippen LogP contribution is -2.11. The van der Waals surface area contributed by atoms with Crippen molar-refractivity contribution in [2.24, 2.45) is 0 Å². The molecule has 0 saturated carbocycles. The monoisotopic (exact) mass is 331 g/mol. The van der Waals surface area contributed by atoms with Crippen LogP contribution in [0.5, 0.6) is 0 Å². The van der Waals surface area contributed by atoms with Gasteiger partial charge in [0.15, 0.2) is 5.13 Å². The standard InChI is InChI=1S/C16H17N3OS2/c1-10-15(11-5-3-4-6-12(11)17-10)13-9-22-16(18-13)19-14(20)7-8-21-2/h3-6,9,17H,7-8H2,1-2H3,(H,18,19,20). The highest BCUT2D eigenvalue weighted by Crippen LogP contribution is 2.33. The first-order valence-electron chi connectivity index (χ1n) is 7.01. The predicted molar refractivity (Wildman–Crippen MR) is 95.8 cm³/mol. The molecule has 0 unspecified atom stereocenters. The van der Waals surface area contributed by atoms with Crippen molar-refractivity contribution < 1.29 is 4.79 Å². The fourth-order valence-electron chi connectivity index (χ4n) is 2.43. The fraction of sp³-hybridized carbons (Fsp3) is 0.250. The van der Waals surface area contributed by atoms with E-state index in [9.17, 15) is 4.79 Å². The summed E-state index contributed by atoms with van der Waals surface area (Å²) in [4.78, 5) is 19.7. The SMILES string of the molecule is CSCCC(=O)Nc1nc(-c2c(C)[nH]c3ccccc23)cs1. The summed E-state index contributed by atoms with van der Waals surface area (Å²) < 4.78 is 0. The van der Waals surface area contributed by atoms with Crippen molar-refractivity contribution in [1.82, 2.24) is 9.97 Å². The molecule has 0 bridgehead atoms. The van der Waals surface area contributed by atoms with E-state index in [1.807, 2.05) is 30.7 Å². The molecule has 6 heteroatoms. The number of carbonyl (C=O) groups is 1. The molecule has 1 amide bonds. The summed E-state index contributed by atoms with van der Waals surface area (Å²) in [6, 6.07) is 8.19. The van der Waals surface area contributed by atoms with Gasteiger partial charge in [-0.1, -0.05) is 18.2 Å². The molecule has 114 valence electrons. The molecule has 4 nitrogen and oxygen atoms in total. The molecule has 0 atom stereocenters. The van der Waals surface area contributed by atoms with Crippen molar-refractivity contribution in [2.75, 3.05) is 17.3 Å². The Balaban J connectivity index is 1.86. The number of thiazole rings is 1. The van der Waals surface area contributed by atoms with Gasteiger partial charge in [0.2, 0.25) is 5.91 Å². The van der Waals surface area contributed by atoms with E-state index in [4.69, 9.17) is 0 Å². The molecule has 2 heterocycles. The Hall–Kier alpha value is -1.79. The van der Waals surface area contributed by atoms with Crippen molar-refractivity contribution in [3.05, 3.63) is 35.3 Å². The third kappa shape index (κ3) is 3.03. The van der Waals surface area contributed by atoms with Gasteiger partial charge in [-0.25, -0.2) is 4.98 Å². The van der Waals surface area contributed by atoms with Gasteiger partial charge in [-0.15, -0.1) is 11.3 Å². The third-order valence-corrected chi connectivity index (χ3v) is 4.80.